The normalized spacial score (nSPS) is 17.1. The van der Waals surface area contributed by atoms with Crippen molar-refractivity contribution in [3.8, 4) is 11.5 Å². The van der Waals surface area contributed by atoms with Gasteiger partial charge in [-0.3, -0.25) is 4.79 Å². The smallest absolute Gasteiger partial charge is 0.274 e. The molecule has 154 valence electrons. The first-order valence-corrected chi connectivity index (χ1v) is 9.87. The highest BCUT2D eigenvalue weighted by atomic mass is 16.5. The van der Waals surface area contributed by atoms with Gasteiger partial charge in [-0.15, -0.1) is 0 Å². The Hall–Kier alpha value is -2.87. The lowest BCUT2D eigenvalue weighted by molar-refractivity contribution is 0.0658. The van der Waals surface area contributed by atoms with Gasteiger partial charge in [0.1, 0.15) is 11.5 Å². The first kappa shape index (κ1) is 19.4. The molecule has 1 amide bonds. The largest absolute Gasteiger partial charge is 0.493 e. The van der Waals surface area contributed by atoms with E-state index in [-0.39, 0.29) is 5.91 Å². The van der Waals surface area contributed by atoms with Gasteiger partial charge >= 0.3 is 0 Å². The van der Waals surface area contributed by atoms with Crippen LogP contribution in [0.15, 0.2) is 24.5 Å². The third-order valence-corrected chi connectivity index (χ3v) is 5.69. The minimum absolute atomic E-state index is 0.0435. The van der Waals surface area contributed by atoms with Gasteiger partial charge in [0.2, 0.25) is 0 Å². The van der Waals surface area contributed by atoms with Crippen LogP contribution in [0.4, 0.5) is 5.82 Å². The second-order valence-corrected chi connectivity index (χ2v) is 7.50. The summed E-state index contributed by atoms with van der Waals surface area (Å²) in [7, 11) is 5.37. The number of aromatic nitrogens is 2. The van der Waals surface area contributed by atoms with E-state index >= 15 is 0 Å². The Labute approximate surface area is 171 Å². The molecule has 0 N–H and O–H groups in total. The lowest BCUT2D eigenvalue weighted by atomic mass is 9.99. The molecule has 0 saturated carbocycles. The lowest BCUT2D eigenvalue weighted by Gasteiger charge is -2.32. The highest BCUT2D eigenvalue weighted by Gasteiger charge is 2.23. The van der Waals surface area contributed by atoms with Gasteiger partial charge in [0, 0.05) is 39.3 Å². The highest BCUT2D eigenvalue weighted by Crippen LogP contribution is 2.34. The maximum atomic E-state index is 12.7. The number of methoxy groups -OCH3 is 2. The van der Waals surface area contributed by atoms with E-state index in [2.05, 4.69) is 32.9 Å². The maximum absolute atomic E-state index is 12.7. The first-order valence-electron chi connectivity index (χ1n) is 9.87. The van der Waals surface area contributed by atoms with Gasteiger partial charge in [0.05, 0.1) is 26.6 Å². The predicted octanol–water partition coefficient (Wildman–Crippen LogP) is 1.44. The van der Waals surface area contributed by atoms with E-state index in [0.717, 1.165) is 63.0 Å². The SMILES string of the molecule is COc1cc2c(cc1OC)CN(c1cnc(C(=O)N3CCN(C)CC3)cn1)CC2. The Morgan fingerprint density at radius 2 is 1.62 bits per heavy atom. The molecule has 29 heavy (non-hydrogen) atoms. The molecule has 8 nitrogen and oxygen atoms in total. The highest BCUT2D eigenvalue weighted by molar-refractivity contribution is 5.92. The van der Waals surface area contributed by atoms with Crippen LogP contribution in [0.3, 0.4) is 0 Å². The zero-order valence-electron chi connectivity index (χ0n) is 17.2. The topological polar surface area (TPSA) is 71.0 Å². The molecule has 1 saturated heterocycles. The van der Waals surface area contributed by atoms with E-state index in [4.69, 9.17) is 9.47 Å². The summed E-state index contributed by atoms with van der Waals surface area (Å²) in [5.74, 6) is 2.22. The number of hydrogen-bond donors (Lipinski definition) is 0. The standard InChI is InChI=1S/C21H27N5O3/c1-24-6-8-25(9-7-24)21(27)17-12-23-20(13-22-17)26-5-4-15-10-18(28-2)19(29-3)11-16(15)14-26/h10-13H,4-9,14H2,1-3H3. The van der Waals surface area contributed by atoms with Crippen LogP contribution in [0.25, 0.3) is 0 Å². The van der Waals surface area contributed by atoms with Crippen LogP contribution in [0.2, 0.25) is 0 Å². The first-order chi connectivity index (χ1) is 14.1. The molecule has 2 aromatic rings. The Morgan fingerprint density at radius 3 is 2.24 bits per heavy atom. The maximum Gasteiger partial charge on any atom is 0.274 e. The second-order valence-electron chi connectivity index (χ2n) is 7.50. The van der Waals surface area contributed by atoms with Gasteiger partial charge in [0.15, 0.2) is 11.5 Å². The number of carbonyl (C=O) groups excluding carboxylic acids is 1. The number of benzene rings is 1. The Kier molecular flexibility index (Phi) is 5.53. The van der Waals surface area contributed by atoms with Crippen molar-refractivity contribution in [1.82, 2.24) is 19.8 Å². The number of hydrogen-bond acceptors (Lipinski definition) is 7. The van der Waals surface area contributed by atoms with Crippen LogP contribution >= 0.6 is 0 Å². The summed E-state index contributed by atoms with van der Waals surface area (Å²) < 4.78 is 10.8. The molecule has 8 heteroatoms. The van der Waals surface area contributed by atoms with Crippen LogP contribution in [0.1, 0.15) is 21.6 Å². The number of carbonyl (C=O) groups is 1. The summed E-state index contributed by atoms with van der Waals surface area (Å²) in [6.07, 6.45) is 4.19. The van der Waals surface area contributed by atoms with Crippen LogP contribution in [0, 0.1) is 0 Å². The third-order valence-electron chi connectivity index (χ3n) is 5.69. The third kappa shape index (κ3) is 3.98. The number of amides is 1. The second kappa shape index (κ2) is 8.24. The van der Waals surface area contributed by atoms with Crippen molar-refractivity contribution in [3.63, 3.8) is 0 Å². The number of ether oxygens (including phenoxy) is 2. The van der Waals surface area contributed by atoms with Gasteiger partial charge in [-0.1, -0.05) is 0 Å². The van der Waals surface area contributed by atoms with Crippen molar-refractivity contribution in [1.29, 1.82) is 0 Å². The summed E-state index contributed by atoms with van der Waals surface area (Å²) in [5, 5.41) is 0. The lowest BCUT2D eigenvalue weighted by Crippen LogP contribution is -2.47. The van der Waals surface area contributed by atoms with Gasteiger partial charge in [0.25, 0.3) is 5.91 Å². The molecule has 2 aliphatic rings. The van der Waals surface area contributed by atoms with Gasteiger partial charge in [-0.05, 0) is 36.7 Å². The molecule has 1 aromatic heterocycles. The molecular weight excluding hydrogens is 370 g/mol. The summed E-state index contributed by atoms with van der Waals surface area (Å²) in [5.41, 5.74) is 2.85. The fourth-order valence-electron chi connectivity index (χ4n) is 3.85. The molecule has 0 bridgehead atoms. The monoisotopic (exact) mass is 397 g/mol. The zero-order chi connectivity index (χ0) is 20.4. The Morgan fingerprint density at radius 1 is 0.931 bits per heavy atom. The summed E-state index contributed by atoms with van der Waals surface area (Å²) in [6, 6.07) is 4.08. The van der Waals surface area contributed by atoms with Crippen molar-refractivity contribution in [2.24, 2.45) is 0 Å². The number of likely N-dealkylation sites (N-methyl/N-ethyl adjacent to an activating group) is 1. The average molecular weight is 397 g/mol. The van der Waals surface area contributed by atoms with E-state index in [1.54, 1.807) is 26.6 Å². The van der Waals surface area contributed by atoms with E-state index in [1.807, 2.05) is 11.0 Å². The van der Waals surface area contributed by atoms with Crippen LogP contribution < -0.4 is 14.4 Å². The number of nitrogens with zero attached hydrogens (tertiary/aromatic N) is 5. The van der Waals surface area contributed by atoms with Gasteiger partial charge < -0.3 is 24.2 Å². The van der Waals surface area contributed by atoms with Crippen molar-refractivity contribution in [3.05, 3.63) is 41.3 Å². The molecule has 3 heterocycles. The molecule has 0 radical (unpaired) electrons. The van der Waals surface area contributed by atoms with Crippen molar-refractivity contribution in [2.75, 3.05) is 58.9 Å². The fourth-order valence-corrected chi connectivity index (χ4v) is 3.85. The summed E-state index contributed by atoms with van der Waals surface area (Å²) in [4.78, 5) is 27.8. The van der Waals surface area contributed by atoms with Crippen LogP contribution in [0.5, 0.6) is 11.5 Å². The molecule has 0 aliphatic carbocycles. The van der Waals surface area contributed by atoms with Gasteiger partial charge in [-0.25, -0.2) is 9.97 Å². The number of anilines is 1. The summed E-state index contributed by atoms with van der Waals surface area (Å²) >= 11 is 0. The average Bonchev–Trinajstić information content (AvgIpc) is 2.78. The number of fused-ring (bicyclic) bond motifs is 1. The fraction of sp³-hybridized carbons (Fsp3) is 0.476. The minimum atomic E-state index is -0.0435. The van der Waals surface area contributed by atoms with Crippen LogP contribution in [-0.2, 0) is 13.0 Å². The van der Waals surface area contributed by atoms with E-state index in [0.29, 0.717) is 5.69 Å². The van der Waals surface area contributed by atoms with Crippen LogP contribution in [-0.4, -0.2) is 79.7 Å². The Balaban J connectivity index is 1.47. The van der Waals surface area contributed by atoms with E-state index < -0.39 is 0 Å². The molecule has 2 aliphatic heterocycles. The molecule has 1 aromatic carbocycles. The molecular formula is C21H27N5O3. The Bertz CT molecular complexity index is 879. The van der Waals surface area contributed by atoms with Crippen molar-refractivity contribution < 1.29 is 14.3 Å². The predicted molar refractivity (Wildman–Crippen MR) is 110 cm³/mol. The quantitative estimate of drug-likeness (QED) is 0.773. The molecule has 0 atom stereocenters. The number of rotatable bonds is 4. The minimum Gasteiger partial charge on any atom is -0.493 e. The molecule has 0 spiro atoms. The van der Waals surface area contributed by atoms with Crippen molar-refractivity contribution >= 4 is 11.7 Å². The van der Waals surface area contributed by atoms with E-state index in [9.17, 15) is 4.79 Å². The van der Waals surface area contributed by atoms with Gasteiger partial charge in [-0.2, -0.15) is 0 Å². The van der Waals surface area contributed by atoms with E-state index in [1.165, 1.54) is 11.1 Å². The zero-order valence-corrected chi connectivity index (χ0v) is 17.2. The number of piperazine rings is 1. The molecule has 0 unspecified atom stereocenters. The molecule has 4 rings (SSSR count). The van der Waals surface area contributed by atoms with Crippen molar-refractivity contribution in [2.45, 2.75) is 13.0 Å². The summed E-state index contributed by atoms with van der Waals surface area (Å²) in [6.45, 7) is 4.79. The molecule has 1 fully saturated rings.